The molecule has 2 aromatic rings. The van der Waals surface area contributed by atoms with Gasteiger partial charge in [0, 0.05) is 29.0 Å². The molecule has 1 aromatic carbocycles. The van der Waals surface area contributed by atoms with Gasteiger partial charge in [0.1, 0.15) is 0 Å². The number of nitrogens with zero attached hydrogens (tertiary/aromatic N) is 1. The Kier molecular flexibility index (Phi) is 5.11. The average molecular weight is 319 g/mol. The van der Waals surface area contributed by atoms with E-state index in [-0.39, 0.29) is 0 Å². The molecule has 0 aliphatic heterocycles. The lowest BCUT2D eigenvalue weighted by Crippen LogP contribution is -2.30. The van der Waals surface area contributed by atoms with E-state index in [0.717, 1.165) is 10.9 Å². The zero-order chi connectivity index (χ0) is 13.7. The number of hydrogen-bond donors (Lipinski definition) is 1. The van der Waals surface area contributed by atoms with Gasteiger partial charge in [-0.3, -0.25) is 4.98 Å². The van der Waals surface area contributed by atoms with Crippen molar-refractivity contribution in [2.45, 2.75) is 32.4 Å². The van der Waals surface area contributed by atoms with Gasteiger partial charge in [-0.1, -0.05) is 28.1 Å². The number of aromatic nitrogens is 1. The predicted octanol–water partition coefficient (Wildman–Crippen LogP) is 4.13. The molecule has 3 heteroatoms. The molecule has 0 fully saturated rings. The molecular formula is C16H19BrN2. The van der Waals surface area contributed by atoms with Gasteiger partial charge in [0.2, 0.25) is 0 Å². The Labute approximate surface area is 123 Å². The Bertz CT molecular complexity index is 496. The molecule has 0 radical (unpaired) electrons. The van der Waals surface area contributed by atoms with Crippen LogP contribution < -0.4 is 5.32 Å². The molecule has 1 N–H and O–H groups in total. The van der Waals surface area contributed by atoms with Gasteiger partial charge in [0.15, 0.2) is 0 Å². The van der Waals surface area contributed by atoms with Crippen LogP contribution in [0.25, 0.3) is 0 Å². The van der Waals surface area contributed by atoms with Crippen LogP contribution in [0.5, 0.6) is 0 Å². The Hall–Kier alpha value is -1.19. The first kappa shape index (κ1) is 14.2. The highest BCUT2D eigenvalue weighted by molar-refractivity contribution is 9.10. The van der Waals surface area contributed by atoms with Crippen LogP contribution in [0.4, 0.5) is 0 Å². The summed E-state index contributed by atoms with van der Waals surface area (Å²) < 4.78 is 1.13. The number of nitrogens with one attached hydrogen (secondary N) is 1. The quantitative estimate of drug-likeness (QED) is 0.896. The lowest BCUT2D eigenvalue weighted by atomic mass is 10.0. The van der Waals surface area contributed by atoms with Crippen LogP contribution in [0.15, 0.2) is 53.3 Å². The lowest BCUT2D eigenvalue weighted by Gasteiger charge is -2.20. The molecular weight excluding hydrogens is 300 g/mol. The van der Waals surface area contributed by atoms with Gasteiger partial charge in [0.25, 0.3) is 0 Å². The van der Waals surface area contributed by atoms with Crippen molar-refractivity contribution in [3.05, 3.63) is 64.4 Å². The molecule has 0 saturated heterocycles. The minimum atomic E-state index is 0.341. The van der Waals surface area contributed by atoms with Gasteiger partial charge in [-0.15, -0.1) is 0 Å². The molecule has 0 saturated carbocycles. The van der Waals surface area contributed by atoms with Crippen LogP contribution >= 0.6 is 15.9 Å². The van der Waals surface area contributed by atoms with Gasteiger partial charge in [-0.05, 0) is 55.7 Å². The topological polar surface area (TPSA) is 24.9 Å². The summed E-state index contributed by atoms with van der Waals surface area (Å²) in [5.74, 6) is 0. The molecule has 19 heavy (non-hydrogen) atoms. The Morgan fingerprint density at radius 3 is 2.32 bits per heavy atom. The van der Waals surface area contributed by atoms with Crippen LogP contribution in [-0.2, 0) is 6.42 Å². The Morgan fingerprint density at radius 2 is 1.68 bits per heavy atom. The molecule has 100 valence electrons. The maximum atomic E-state index is 4.05. The fourth-order valence-corrected chi connectivity index (χ4v) is 2.47. The van der Waals surface area contributed by atoms with Crippen molar-refractivity contribution < 1.29 is 0 Å². The van der Waals surface area contributed by atoms with E-state index in [1.165, 1.54) is 11.1 Å². The van der Waals surface area contributed by atoms with Gasteiger partial charge in [0.05, 0.1) is 0 Å². The average Bonchev–Trinajstić information content (AvgIpc) is 2.42. The first-order valence-corrected chi connectivity index (χ1v) is 7.35. The summed E-state index contributed by atoms with van der Waals surface area (Å²) in [7, 11) is 0. The van der Waals surface area contributed by atoms with Crippen molar-refractivity contribution in [2.24, 2.45) is 0 Å². The summed E-state index contributed by atoms with van der Waals surface area (Å²) >= 11 is 3.46. The number of pyridine rings is 1. The van der Waals surface area contributed by atoms with E-state index in [9.17, 15) is 0 Å². The van der Waals surface area contributed by atoms with E-state index >= 15 is 0 Å². The van der Waals surface area contributed by atoms with Crippen LogP contribution in [0.2, 0.25) is 0 Å². The first-order valence-electron chi connectivity index (χ1n) is 6.55. The first-order chi connectivity index (χ1) is 9.15. The highest BCUT2D eigenvalue weighted by Gasteiger charge is 2.09. The molecule has 0 aliphatic rings. The summed E-state index contributed by atoms with van der Waals surface area (Å²) in [5, 5.41) is 3.62. The summed E-state index contributed by atoms with van der Waals surface area (Å²) in [6.45, 7) is 4.41. The van der Waals surface area contributed by atoms with Gasteiger partial charge >= 0.3 is 0 Å². The fourth-order valence-electron chi connectivity index (χ4n) is 2.21. The Morgan fingerprint density at radius 1 is 1.05 bits per heavy atom. The monoisotopic (exact) mass is 318 g/mol. The molecule has 2 nitrogen and oxygen atoms in total. The van der Waals surface area contributed by atoms with Crippen LogP contribution in [-0.4, -0.2) is 11.0 Å². The summed E-state index contributed by atoms with van der Waals surface area (Å²) in [6, 6.07) is 13.4. The number of hydrogen-bond acceptors (Lipinski definition) is 2. The van der Waals surface area contributed by atoms with E-state index in [1.54, 1.807) is 0 Å². The van der Waals surface area contributed by atoms with Crippen molar-refractivity contribution in [3.8, 4) is 0 Å². The van der Waals surface area contributed by atoms with E-state index in [2.05, 4.69) is 76.5 Å². The summed E-state index contributed by atoms with van der Waals surface area (Å²) in [6.07, 6.45) is 4.71. The third-order valence-electron chi connectivity index (χ3n) is 3.20. The zero-order valence-corrected chi connectivity index (χ0v) is 12.9. The van der Waals surface area contributed by atoms with Gasteiger partial charge < -0.3 is 5.32 Å². The third-order valence-corrected chi connectivity index (χ3v) is 3.72. The fraction of sp³-hybridized carbons (Fsp3) is 0.312. The normalized spacial score (nSPS) is 14.1. The van der Waals surface area contributed by atoms with E-state index in [0.29, 0.717) is 12.1 Å². The van der Waals surface area contributed by atoms with Crippen molar-refractivity contribution in [2.75, 3.05) is 0 Å². The number of benzene rings is 1. The Balaban J connectivity index is 1.90. The standard InChI is InChI=1S/C16H19BrN2/c1-12(11-14-3-5-16(17)6-4-14)19-13(2)15-7-9-18-10-8-15/h3-10,12-13,19H,11H2,1-2H3/t12?,13-/m0/s1. The largest absolute Gasteiger partial charge is 0.307 e. The highest BCUT2D eigenvalue weighted by Crippen LogP contribution is 2.15. The molecule has 1 unspecified atom stereocenters. The number of rotatable bonds is 5. The van der Waals surface area contributed by atoms with Crippen molar-refractivity contribution in [1.29, 1.82) is 0 Å². The molecule has 0 aliphatic carbocycles. The second-order valence-electron chi connectivity index (χ2n) is 4.90. The lowest BCUT2D eigenvalue weighted by molar-refractivity contribution is 0.477. The third kappa shape index (κ3) is 4.44. The maximum absolute atomic E-state index is 4.05. The van der Waals surface area contributed by atoms with Crippen LogP contribution in [0.1, 0.15) is 31.0 Å². The molecule has 2 atom stereocenters. The maximum Gasteiger partial charge on any atom is 0.0295 e. The summed E-state index contributed by atoms with van der Waals surface area (Å²) in [4.78, 5) is 4.05. The molecule has 0 amide bonds. The van der Waals surface area contributed by atoms with E-state index in [4.69, 9.17) is 0 Å². The van der Waals surface area contributed by atoms with E-state index in [1.807, 2.05) is 12.4 Å². The van der Waals surface area contributed by atoms with Gasteiger partial charge in [-0.25, -0.2) is 0 Å². The molecule has 0 spiro atoms. The SMILES string of the molecule is CC(Cc1ccc(Br)cc1)N[C@@H](C)c1ccncc1. The minimum Gasteiger partial charge on any atom is -0.307 e. The number of halogens is 1. The van der Waals surface area contributed by atoms with Gasteiger partial charge in [-0.2, -0.15) is 0 Å². The molecule has 1 aromatic heterocycles. The smallest absolute Gasteiger partial charge is 0.0295 e. The minimum absolute atomic E-state index is 0.341. The molecule has 2 rings (SSSR count). The predicted molar refractivity (Wildman–Crippen MR) is 83.1 cm³/mol. The molecule has 0 bridgehead atoms. The second-order valence-corrected chi connectivity index (χ2v) is 5.82. The van der Waals surface area contributed by atoms with Crippen LogP contribution in [0, 0.1) is 0 Å². The van der Waals surface area contributed by atoms with Crippen molar-refractivity contribution in [1.82, 2.24) is 10.3 Å². The van der Waals surface area contributed by atoms with Crippen molar-refractivity contribution in [3.63, 3.8) is 0 Å². The van der Waals surface area contributed by atoms with Crippen molar-refractivity contribution >= 4 is 15.9 Å². The highest BCUT2D eigenvalue weighted by atomic mass is 79.9. The zero-order valence-electron chi connectivity index (χ0n) is 11.3. The summed E-state index contributed by atoms with van der Waals surface area (Å²) in [5.41, 5.74) is 2.63. The molecule has 1 heterocycles. The second kappa shape index (κ2) is 6.83. The van der Waals surface area contributed by atoms with Crippen LogP contribution in [0.3, 0.4) is 0 Å². The van der Waals surface area contributed by atoms with E-state index < -0.39 is 0 Å².